The van der Waals surface area contributed by atoms with Gasteiger partial charge in [-0.25, -0.2) is 0 Å². The minimum absolute atomic E-state index is 0.229. The standard InChI is InChI=1S/C22H45NO2Si/c1-19(2)14-11-9-8-10-12-17-23-20(15-13-16-21(23)24)18-25-26(6,7)22(3,4)5/h19-20H,8-18H2,1-7H3/t20-/m1/s1. The fourth-order valence-corrected chi connectivity index (χ4v) is 4.40. The Bertz CT molecular complexity index is 415. The van der Waals surface area contributed by atoms with E-state index in [0.29, 0.717) is 11.9 Å². The average molecular weight is 384 g/mol. The Hall–Kier alpha value is -0.353. The first kappa shape index (κ1) is 23.7. The van der Waals surface area contributed by atoms with Gasteiger partial charge in [-0.05, 0) is 43.3 Å². The first-order chi connectivity index (χ1) is 12.0. The molecule has 3 nitrogen and oxygen atoms in total. The molecule has 1 aliphatic rings. The summed E-state index contributed by atoms with van der Waals surface area (Å²) in [5.74, 6) is 1.17. The first-order valence-electron chi connectivity index (χ1n) is 11.0. The van der Waals surface area contributed by atoms with E-state index in [2.05, 4.69) is 52.6 Å². The van der Waals surface area contributed by atoms with Crippen LogP contribution in [0.1, 0.15) is 92.4 Å². The van der Waals surface area contributed by atoms with Crippen molar-refractivity contribution < 1.29 is 9.22 Å². The van der Waals surface area contributed by atoms with Crippen molar-refractivity contribution in [2.45, 2.75) is 117 Å². The van der Waals surface area contributed by atoms with E-state index >= 15 is 0 Å². The molecule has 0 bridgehead atoms. The topological polar surface area (TPSA) is 29.5 Å². The number of hydrogen-bond donors (Lipinski definition) is 0. The van der Waals surface area contributed by atoms with Crippen LogP contribution in [0.4, 0.5) is 0 Å². The number of rotatable bonds is 11. The highest BCUT2D eigenvalue weighted by molar-refractivity contribution is 6.74. The van der Waals surface area contributed by atoms with E-state index in [1.807, 2.05) is 0 Å². The molecular formula is C22H45NO2Si. The lowest BCUT2D eigenvalue weighted by Gasteiger charge is -2.41. The molecule has 0 spiro atoms. The van der Waals surface area contributed by atoms with Gasteiger partial charge in [0.1, 0.15) is 0 Å². The summed E-state index contributed by atoms with van der Waals surface area (Å²) >= 11 is 0. The van der Waals surface area contributed by atoms with Crippen molar-refractivity contribution in [2.75, 3.05) is 13.2 Å². The lowest BCUT2D eigenvalue weighted by Crippen LogP contribution is -2.50. The second-order valence-electron chi connectivity index (χ2n) is 10.2. The van der Waals surface area contributed by atoms with E-state index < -0.39 is 8.32 Å². The summed E-state index contributed by atoms with van der Waals surface area (Å²) in [7, 11) is -1.74. The molecule has 1 saturated heterocycles. The van der Waals surface area contributed by atoms with Crippen LogP contribution in [0.2, 0.25) is 18.1 Å². The van der Waals surface area contributed by atoms with Crippen LogP contribution in [-0.4, -0.2) is 38.3 Å². The lowest BCUT2D eigenvalue weighted by molar-refractivity contribution is -0.137. The molecule has 1 aliphatic heterocycles. The van der Waals surface area contributed by atoms with Gasteiger partial charge in [0.2, 0.25) is 5.91 Å². The van der Waals surface area contributed by atoms with E-state index in [4.69, 9.17) is 4.43 Å². The molecule has 0 aromatic carbocycles. The minimum Gasteiger partial charge on any atom is -0.415 e. The SMILES string of the molecule is CC(C)CCCCCCCN1C(=O)CCC[C@@H]1CO[Si](C)(C)C(C)(C)C. The average Bonchev–Trinajstić information content (AvgIpc) is 2.52. The van der Waals surface area contributed by atoms with Crippen molar-refractivity contribution in [3.8, 4) is 0 Å². The molecule has 1 heterocycles. The number of unbranched alkanes of at least 4 members (excludes halogenated alkanes) is 4. The van der Waals surface area contributed by atoms with Crippen LogP contribution in [-0.2, 0) is 9.22 Å². The Morgan fingerprint density at radius 3 is 2.35 bits per heavy atom. The third-order valence-corrected chi connectivity index (χ3v) is 10.8. The molecule has 0 aromatic heterocycles. The van der Waals surface area contributed by atoms with Crippen LogP contribution in [0.15, 0.2) is 0 Å². The van der Waals surface area contributed by atoms with Gasteiger partial charge in [-0.1, -0.05) is 66.7 Å². The molecule has 26 heavy (non-hydrogen) atoms. The zero-order chi connectivity index (χ0) is 19.8. The second kappa shape index (κ2) is 10.8. The molecule has 4 heteroatoms. The highest BCUT2D eigenvalue weighted by atomic mass is 28.4. The molecule has 0 aromatic rings. The van der Waals surface area contributed by atoms with Gasteiger partial charge < -0.3 is 9.33 Å². The van der Waals surface area contributed by atoms with Crippen molar-refractivity contribution in [1.29, 1.82) is 0 Å². The summed E-state index contributed by atoms with van der Waals surface area (Å²) in [5, 5.41) is 0.229. The zero-order valence-electron chi connectivity index (χ0n) is 18.7. The van der Waals surface area contributed by atoms with Crippen LogP contribution in [0, 0.1) is 5.92 Å². The van der Waals surface area contributed by atoms with Gasteiger partial charge in [-0.3, -0.25) is 4.79 Å². The van der Waals surface area contributed by atoms with E-state index in [1.165, 1.54) is 32.1 Å². The Kier molecular flexibility index (Phi) is 9.88. The number of amides is 1. The van der Waals surface area contributed by atoms with Crippen molar-refractivity contribution in [3.05, 3.63) is 0 Å². The predicted octanol–water partition coefficient (Wildman–Crippen LogP) is 6.39. The van der Waals surface area contributed by atoms with Gasteiger partial charge in [0.05, 0.1) is 12.6 Å². The maximum absolute atomic E-state index is 12.4. The van der Waals surface area contributed by atoms with Crippen LogP contribution >= 0.6 is 0 Å². The number of carbonyl (C=O) groups excluding carboxylic acids is 1. The van der Waals surface area contributed by atoms with E-state index in [0.717, 1.165) is 44.8 Å². The molecule has 0 saturated carbocycles. The normalized spacial score (nSPS) is 19.5. The molecule has 0 unspecified atom stereocenters. The third-order valence-electron chi connectivity index (χ3n) is 6.31. The van der Waals surface area contributed by atoms with E-state index in [9.17, 15) is 4.79 Å². The van der Waals surface area contributed by atoms with E-state index in [1.54, 1.807) is 0 Å². The number of piperidine rings is 1. The smallest absolute Gasteiger partial charge is 0.222 e. The molecule has 0 radical (unpaired) electrons. The highest BCUT2D eigenvalue weighted by Gasteiger charge is 2.38. The van der Waals surface area contributed by atoms with Gasteiger partial charge in [-0.2, -0.15) is 0 Å². The van der Waals surface area contributed by atoms with Crippen LogP contribution < -0.4 is 0 Å². The molecular weight excluding hydrogens is 338 g/mol. The van der Waals surface area contributed by atoms with Gasteiger partial charge in [0, 0.05) is 13.0 Å². The van der Waals surface area contributed by atoms with E-state index in [-0.39, 0.29) is 5.04 Å². The monoisotopic (exact) mass is 383 g/mol. The summed E-state index contributed by atoms with van der Waals surface area (Å²) in [6, 6.07) is 0.298. The second-order valence-corrected chi connectivity index (χ2v) is 15.0. The number of nitrogens with zero attached hydrogens (tertiary/aromatic N) is 1. The van der Waals surface area contributed by atoms with Crippen molar-refractivity contribution in [1.82, 2.24) is 4.90 Å². The molecule has 154 valence electrons. The van der Waals surface area contributed by atoms with Gasteiger partial charge in [0.25, 0.3) is 0 Å². The van der Waals surface area contributed by atoms with Crippen LogP contribution in [0.3, 0.4) is 0 Å². The fraction of sp³-hybridized carbons (Fsp3) is 0.955. The number of likely N-dealkylation sites (tertiary alicyclic amines) is 1. The Balaban J connectivity index is 2.39. The first-order valence-corrected chi connectivity index (χ1v) is 13.9. The Labute approximate surface area is 164 Å². The minimum atomic E-state index is -1.74. The predicted molar refractivity (Wildman–Crippen MR) is 115 cm³/mol. The van der Waals surface area contributed by atoms with Crippen LogP contribution in [0.5, 0.6) is 0 Å². The Morgan fingerprint density at radius 2 is 1.73 bits per heavy atom. The molecule has 1 amide bonds. The van der Waals surface area contributed by atoms with Crippen molar-refractivity contribution in [2.24, 2.45) is 5.92 Å². The van der Waals surface area contributed by atoms with Gasteiger partial charge in [-0.15, -0.1) is 0 Å². The highest BCUT2D eigenvalue weighted by Crippen LogP contribution is 2.37. The van der Waals surface area contributed by atoms with Gasteiger partial charge >= 0.3 is 0 Å². The molecule has 1 atom stereocenters. The summed E-state index contributed by atoms with van der Waals surface area (Å²) in [6.45, 7) is 17.7. The third kappa shape index (κ3) is 8.12. The summed E-state index contributed by atoms with van der Waals surface area (Å²) in [6.07, 6.45) is 10.6. The summed E-state index contributed by atoms with van der Waals surface area (Å²) in [5.41, 5.74) is 0. The molecule has 0 aliphatic carbocycles. The zero-order valence-corrected chi connectivity index (χ0v) is 19.7. The largest absolute Gasteiger partial charge is 0.415 e. The quantitative estimate of drug-likeness (QED) is 0.306. The lowest BCUT2D eigenvalue weighted by atomic mass is 10.0. The maximum atomic E-state index is 12.4. The van der Waals surface area contributed by atoms with Crippen molar-refractivity contribution in [3.63, 3.8) is 0 Å². The number of carbonyl (C=O) groups is 1. The molecule has 1 fully saturated rings. The molecule has 1 rings (SSSR count). The summed E-state index contributed by atoms with van der Waals surface area (Å²) in [4.78, 5) is 14.6. The molecule has 0 N–H and O–H groups in total. The van der Waals surface area contributed by atoms with Crippen molar-refractivity contribution >= 4 is 14.2 Å². The summed E-state index contributed by atoms with van der Waals surface area (Å²) < 4.78 is 6.44. The van der Waals surface area contributed by atoms with Gasteiger partial charge in [0.15, 0.2) is 8.32 Å². The fourth-order valence-electron chi connectivity index (χ4n) is 3.36. The Morgan fingerprint density at radius 1 is 1.12 bits per heavy atom. The van der Waals surface area contributed by atoms with Crippen LogP contribution in [0.25, 0.3) is 0 Å². The number of hydrogen-bond acceptors (Lipinski definition) is 2. The maximum Gasteiger partial charge on any atom is 0.222 e.